The quantitative estimate of drug-likeness (QED) is 0.842. The van der Waals surface area contributed by atoms with Crippen LogP contribution >= 0.6 is 15.9 Å². The summed E-state index contributed by atoms with van der Waals surface area (Å²) >= 11 is 3.26. The van der Waals surface area contributed by atoms with Crippen molar-refractivity contribution >= 4 is 27.8 Å². The van der Waals surface area contributed by atoms with Crippen LogP contribution in [0.15, 0.2) is 22.9 Å². The van der Waals surface area contributed by atoms with Gasteiger partial charge < -0.3 is 10.1 Å². The highest BCUT2D eigenvalue weighted by Crippen LogP contribution is 2.14. The van der Waals surface area contributed by atoms with Crippen LogP contribution in [0.25, 0.3) is 0 Å². The molecule has 1 heterocycles. The first-order valence-electron chi connectivity index (χ1n) is 6.74. The normalized spacial score (nSPS) is 12.9. The number of carbonyl (C=O) groups excluding carboxylic acids is 2. The predicted octanol–water partition coefficient (Wildman–Crippen LogP) is 2.94. The van der Waals surface area contributed by atoms with E-state index >= 15 is 0 Å². The van der Waals surface area contributed by atoms with Gasteiger partial charge in [-0.2, -0.15) is 0 Å². The number of amides is 1. The van der Waals surface area contributed by atoms with Crippen LogP contribution in [-0.4, -0.2) is 28.5 Å². The Bertz CT molecular complexity index is 524. The largest absolute Gasteiger partial charge is 0.458 e. The summed E-state index contributed by atoms with van der Waals surface area (Å²) in [5.41, 5.74) is -0.203. The monoisotopic (exact) mass is 356 g/mol. The minimum absolute atomic E-state index is 0.0797. The Morgan fingerprint density at radius 2 is 1.90 bits per heavy atom. The van der Waals surface area contributed by atoms with Crippen LogP contribution in [0.4, 0.5) is 0 Å². The van der Waals surface area contributed by atoms with Crippen LogP contribution in [0.2, 0.25) is 0 Å². The number of halogens is 1. The van der Waals surface area contributed by atoms with E-state index < -0.39 is 17.6 Å². The summed E-state index contributed by atoms with van der Waals surface area (Å²) in [5.74, 6) is -0.869. The Morgan fingerprint density at radius 3 is 2.38 bits per heavy atom. The second kappa shape index (κ2) is 7.02. The van der Waals surface area contributed by atoms with E-state index in [1.165, 1.54) is 6.20 Å². The van der Waals surface area contributed by atoms with Gasteiger partial charge in [0.15, 0.2) is 0 Å². The van der Waals surface area contributed by atoms with Gasteiger partial charge in [0.05, 0.1) is 5.56 Å². The molecule has 6 heteroatoms. The van der Waals surface area contributed by atoms with E-state index in [-0.39, 0.29) is 11.8 Å². The van der Waals surface area contributed by atoms with Gasteiger partial charge in [0, 0.05) is 16.9 Å². The van der Waals surface area contributed by atoms with Gasteiger partial charge in [-0.05, 0) is 48.7 Å². The summed E-state index contributed by atoms with van der Waals surface area (Å²) in [4.78, 5) is 28.3. The van der Waals surface area contributed by atoms with E-state index in [0.717, 1.165) is 0 Å². The molecule has 0 aliphatic heterocycles. The van der Waals surface area contributed by atoms with Gasteiger partial charge in [-0.15, -0.1) is 0 Å². The number of rotatable bonds is 4. The van der Waals surface area contributed by atoms with E-state index in [1.54, 1.807) is 33.0 Å². The molecule has 116 valence electrons. The molecule has 0 aliphatic rings. The topological polar surface area (TPSA) is 68.3 Å². The molecular formula is C15H21BrN2O3. The number of hydrogen-bond donors (Lipinski definition) is 1. The minimum Gasteiger partial charge on any atom is -0.458 e. The number of ether oxygens (including phenoxy) is 1. The van der Waals surface area contributed by atoms with Gasteiger partial charge in [0.25, 0.3) is 5.91 Å². The highest BCUT2D eigenvalue weighted by atomic mass is 79.9. The molecule has 1 atom stereocenters. The number of aromatic nitrogens is 1. The smallest absolute Gasteiger partial charge is 0.329 e. The van der Waals surface area contributed by atoms with Crippen molar-refractivity contribution in [3.05, 3.63) is 28.5 Å². The molecule has 1 aromatic rings. The summed E-state index contributed by atoms with van der Waals surface area (Å²) in [5, 5.41) is 2.71. The Kier molecular flexibility index (Phi) is 5.89. The molecule has 0 radical (unpaired) electrons. The van der Waals surface area contributed by atoms with Crippen molar-refractivity contribution in [2.75, 3.05) is 0 Å². The maximum atomic E-state index is 12.2. The number of nitrogens with one attached hydrogen (secondary N) is 1. The first-order chi connectivity index (χ1) is 9.60. The average molecular weight is 357 g/mol. The fraction of sp³-hybridized carbons (Fsp3) is 0.533. The zero-order valence-corrected chi connectivity index (χ0v) is 14.5. The van der Waals surface area contributed by atoms with E-state index in [9.17, 15) is 9.59 Å². The molecule has 0 saturated carbocycles. The van der Waals surface area contributed by atoms with E-state index in [0.29, 0.717) is 10.0 Å². The molecule has 21 heavy (non-hydrogen) atoms. The van der Waals surface area contributed by atoms with Crippen LogP contribution in [-0.2, 0) is 9.53 Å². The van der Waals surface area contributed by atoms with Crippen molar-refractivity contribution < 1.29 is 14.3 Å². The molecule has 1 rings (SSSR count). The lowest BCUT2D eigenvalue weighted by atomic mass is 10.0. The molecule has 5 nitrogen and oxygen atoms in total. The Balaban J connectivity index is 2.84. The molecule has 0 saturated heterocycles. The van der Waals surface area contributed by atoms with Gasteiger partial charge in [-0.3, -0.25) is 9.78 Å². The molecule has 0 aromatic carbocycles. The molecule has 0 fully saturated rings. The second-order valence-corrected chi connectivity index (χ2v) is 7.04. The maximum Gasteiger partial charge on any atom is 0.329 e. The van der Waals surface area contributed by atoms with Crippen molar-refractivity contribution in [1.29, 1.82) is 0 Å². The number of esters is 1. The summed E-state index contributed by atoms with van der Waals surface area (Å²) in [6, 6.07) is 0.949. The molecule has 0 spiro atoms. The standard InChI is InChI=1S/C15H21BrN2O3/c1-9(2)12(14(20)21-15(3,4)5)18-13(19)10-6-11(16)8-17-7-10/h6-9,12H,1-5H3,(H,18,19)/t12-/m1/s1. The maximum absolute atomic E-state index is 12.2. The molecule has 1 N–H and O–H groups in total. The molecule has 1 aromatic heterocycles. The first-order valence-corrected chi connectivity index (χ1v) is 7.53. The van der Waals surface area contributed by atoms with Gasteiger partial charge >= 0.3 is 5.97 Å². The number of pyridine rings is 1. The number of hydrogen-bond acceptors (Lipinski definition) is 4. The number of carbonyl (C=O) groups is 2. The highest BCUT2D eigenvalue weighted by molar-refractivity contribution is 9.10. The lowest BCUT2D eigenvalue weighted by Gasteiger charge is -2.26. The lowest BCUT2D eigenvalue weighted by Crippen LogP contribution is -2.47. The van der Waals surface area contributed by atoms with E-state index in [4.69, 9.17) is 4.74 Å². The van der Waals surface area contributed by atoms with Crippen molar-refractivity contribution in [2.24, 2.45) is 5.92 Å². The predicted molar refractivity (Wildman–Crippen MR) is 83.9 cm³/mol. The lowest BCUT2D eigenvalue weighted by molar-refractivity contribution is -0.158. The van der Waals surface area contributed by atoms with Gasteiger partial charge in [-0.1, -0.05) is 13.8 Å². The van der Waals surface area contributed by atoms with Crippen LogP contribution in [0, 0.1) is 5.92 Å². The van der Waals surface area contributed by atoms with Crippen LogP contribution in [0.1, 0.15) is 45.0 Å². The molecular weight excluding hydrogens is 336 g/mol. The van der Waals surface area contributed by atoms with Gasteiger partial charge in [-0.25, -0.2) is 4.79 Å². The first kappa shape index (κ1) is 17.6. The van der Waals surface area contributed by atoms with Crippen molar-refractivity contribution in [3.8, 4) is 0 Å². The Morgan fingerprint density at radius 1 is 1.29 bits per heavy atom. The summed E-state index contributed by atoms with van der Waals surface area (Å²) in [7, 11) is 0. The number of nitrogens with zero attached hydrogens (tertiary/aromatic N) is 1. The molecule has 0 aliphatic carbocycles. The third-order valence-corrected chi connectivity index (χ3v) is 3.01. The van der Waals surface area contributed by atoms with Crippen LogP contribution in [0.5, 0.6) is 0 Å². The van der Waals surface area contributed by atoms with Crippen LogP contribution in [0.3, 0.4) is 0 Å². The third kappa shape index (κ3) is 5.83. The molecule has 0 unspecified atom stereocenters. The third-order valence-electron chi connectivity index (χ3n) is 2.58. The SMILES string of the molecule is CC(C)[C@@H](NC(=O)c1cncc(Br)c1)C(=O)OC(C)(C)C. The summed E-state index contributed by atoms with van der Waals surface area (Å²) < 4.78 is 6.05. The van der Waals surface area contributed by atoms with Gasteiger partial charge in [0.1, 0.15) is 11.6 Å². The second-order valence-electron chi connectivity index (χ2n) is 6.12. The van der Waals surface area contributed by atoms with Crippen molar-refractivity contribution in [3.63, 3.8) is 0 Å². The van der Waals surface area contributed by atoms with Crippen molar-refractivity contribution in [2.45, 2.75) is 46.3 Å². The fourth-order valence-electron chi connectivity index (χ4n) is 1.62. The summed E-state index contributed by atoms with van der Waals surface area (Å²) in [6.07, 6.45) is 3.04. The fourth-order valence-corrected chi connectivity index (χ4v) is 1.99. The zero-order valence-electron chi connectivity index (χ0n) is 12.9. The minimum atomic E-state index is -0.698. The van der Waals surface area contributed by atoms with E-state index in [1.807, 2.05) is 13.8 Å². The zero-order chi connectivity index (χ0) is 16.2. The highest BCUT2D eigenvalue weighted by Gasteiger charge is 2.29. The summed E-state index contributed by atoms with van der Waals surface area (Å²) in [6.45, 7) is 9.09. The van der Waals surface area contributed by atoms with Crippen LogP contribution < -0.4 is 5.32 Å². The van der Waals surface area contributed by atoms with Crippen molar-refractivity contribution in [1.82, 2.24) is 10.3 Å². The van der Waals surface area contributed by atoms with Gasteiger partial charge in [0.2, 0.25) is 0 Å². The Labute approximate surface area is 133 Å². The molecule has 0 bridgehead atoms. The Hall–Kier alpha value is -1.43. The average Bonchev–Trinajstić information content (AvgIpc) is 2.32. The molecule has 1 amide bonds. The van der Waals surface area contributed by atoms with E-state index in [2.05, 4.69) is 26.2 Å².